The number of aromatic nitrogens is 2. The highest BCUT2D eigenvalue weighted by atomic mass is 32.2. The maximum atomic E-state index is 12.5. The quantitative estimate of drug-likeness (QED) is 0.754. The van der Waals surface area contributed by atoms with Crippen LogP contribution in [0.5, 0.6) is 11.5 Å². The van der Waals surface area contributed by atoms with E-state index < -0.39 is 10.0 Å². The Hall–Kier alpha value is -2.55. The monoisotopic (exact) mass is 378 g/mol. The normalized spacial score (nSPS) is 12.8. The number of nitrogens with one attached hydrogen (secondary N) is 1. The van der Waals surface area contributed by atoms with Crippen LogP contribution in [0, 0.1) is 0 Å². The first kappa shape index (κ1) is 18.2. The van der Waals surface area contributed by atoms with E-state index in [9.17, 15) is 8.42 Å². The van der Waals surface area contributed by atoms with E-state index in [0.717, 1.165) is 31.7 Å². The standard InChI is InChI=1S/C17H22N4O4S/c1-3-9-21(10-4-2)17-8-7-16(18-19-17)20-26(22,23)13-5-6-14-15(11-13)25-12-24-14/h5-8,11H,3-4,9-10,12H2,1-2H3,(H,18,20). The van der Waals surface area contributed by atoms with E-state index in [0.29, 0.717) is 11.5 Å². The molecule has 0 bridgehead atoms. The molecule has 140 valence electrons. The average Bonchev–Trinajstić information content (AvgIpc) is 3.10. The smallest absolute Gasteiger partial charge is 0.263 e. The van der Waals surface area contributed by atoms with Gasteiger partial charge in [0.15, 0.2) is 23.1 Å². The largest absolute Gasteiger partial charge is 0.454 e. The lowest BCUT2D eigenvalue weighted by Crippen LogP contribution is -2.26. The van der Waals surface area contributed by atoms with Crippen molar-refractivity contribution in [2.75, 3.05) is 29.5 Å². The van der Waals surface area contributed by atoms with Gasteiger partial charge in [-0.2, -0.15) is 0 Å². The number of nitrogens with zero attached hydrogens (tertiary/aromatic N) is 3. The SMILES string of the molecule is CCCN(CCC)c1ccc(NS(=O)(=O)c2ccc3c(c2)OCO3)nn1. The van der Waals surface area contributed by atoms with E-state index in [2.05, 4.69) is 33.7 Å². The van der Waals surface area contributed by atoms with Crippen LogP contribution < -0.4 is 19.1 Å². The van der Waals surface area contributed by atoms with E-state index in [-0.39, 0.29) is 17.5 Å². The summed E-state index contributed by atoms with van der Waals surface area (Å²) in [5.74, 6) is 1.84. The second-order valence-electron chi connectivity index (χ2n) is 5.88. The van der Waals surface area contributed by atoms with E-state index >= 15 is 0 Å². The number of hydrogen-bond donors (Lipinski definition) is 1. The lowest BCUT2D eigenvalue weighted by Gasteiger charge is -2.21. The van der Waals surface area contributed by atoms with Crippen LogP contribution in [0.1, 0.15) is 26.7 Å². The van der Waals surface area contributed by atoms with Crippen LogP contribution >= 0.6 is 0 Å². The van der Waals surface area contributed by atoms with Crippen molar-refractivity contribution < 1.29 is 17.9 Å². The summed E-state index contributed by atoms with van der Waals surface area (Å²) in [6.45, 7) is 6.05. The first-order valence-electron chi connectivity index (χ1n) is 8.54. The number of benzene rings is 1. The summed E-state index contributed by atoms with van der Waals surface area (Å²) >= 11 is 0. The highest BCUT2D eigenvalue weighted by Gasteiger charge is 2.21. The van der Waals surface area contributed by atoms with Gasteiger partial charge in [0.2, 0.25) is 6.79 Å². The minimum atomic E-state index is -3.79. The third-order valence-corrected chi connectivity index (χ3v) is 5.21. The zero-order chi connectivity index (χ0) is 18.6. The lowest BCUT2D eigenvalue weighted by atomic mass is 10.3. The minimum Gasteiger partial charge on any atom is -0.454 e. The van der Waals surface area contributed by atoms with Gasteiger partial charge < -0.3 is 14.4 Å². The van der Waals surface area contributed by atoms with Gasteiger partial charge in [0.25, 0.3) is 10.0 Å². The topological polar surface area (TPSA) is 93.7 Å². The Morgan fingerprint density at radius 3 is 2.42 bits per heavy atom. The van der Waals surface area contributed by atoms with Crippen molar-refractivity contribution in [3.8, 4) is 11.5 Å². The highest BCUT2D eigenvalue weighted by Crippen LogP contribution is 2.34. The Morgan fingerprint density at radius 1 is 1.04 bits per heavy atom. The number of hydrogen-bond acceptors (Lipinski definition) is 7. The molecule has 0 fully saturated rings. The fourth-order valence-corrected chi connectivity index (χ4v) is 3.68. The summed E-state index contributed by atoms with van der Waals surface area (Å²) in [6.07, 6.45) is 2.00. The van der Waals surface area contributed by atoms with E-state index in [1.54, 1.807) is 18.2 Å². The number of rotatable bonds is 8. The lowest BCUT2D eigenvalue weighted by molar-refractivity contribution is 0.174. The van der Waals surface area contributed by atoms with Crippen LogP contribution in [0.2, 0.25) is 0 Å². The van der Waals surface area contributed by atoms with Gasteiger partial charge in [0.1, 0.15) is 0 Å². The third-order valence-electron chi connectivity index (χ3n) is 3.85. The molecule has 0 spiro atoms. The Kier molecular flexibility index (Phi) is 5.46. The van der Waals surface area contributed by atoms with E-state index in [1.807, 2.05) is 0 Å². The van der Waals surface area contributed by atoms with Gasteiger partial charge in [-0.15, -0.1) is 10.2 Å². The summed E-state index contributed by atoms with van der Waals surface area (Å²) < 4.78 is 37.9. The summed E-state index contributed by atoms with van der Waals surface area (Å²) in [5.41, 5.74) is 0. The molecule has 26 heavy (non-hydrogen) atoms. The van der Waals surface area contributed by atoms with E-state index in [4.69, 9.17) is 9.47 Å². The van der Waals surface area contributed by atoms with Gasteiger partial charge in [-0.05, 0) is 37.1 Å². The van der Waals surface area contributed by atoms with Crippen LogP contribution in [-0.4, -0.2) is 38.5 Å². The molecule has 0 radical (unpaired) electrons. The molecule has 0 saturated heterocycles. The number of fused-ring (bicyclic) bond motifs is 1. The van der Waals surface area contributed by atoms with Crippen molar-refractivity contribution in [1.29, 1.82) is 0 Å². The first-order valence-corrected chi connectivity index (χ1v) is 10.0. The zero-order valence-electron chi connectivity index (χ0n) is 14.8. The molecule has 0 unspecified atom stereocenters. The maximum Gasteiger partial charge on any atom is 0.263 e. The number of sulfonamides is 1. The predicted octanol–water partition coefficient (Wildman–Crippen LogP) is 2.63. The fourth-order valence-electron chi connectivity index (χ4n) is 2.67. The van der Waals surface area contributed by atoms with Crippen molar-refractivity contribution >= 4 is 21.7 Å². The van der Waals surface area contributed by atoms with Gasteiger partial charge in [-0.3, -0.25) is 4.72 Å². The average molecular weight is 378 g/mol. The van der Waals surface area contributed by atoms with Gasteiger partial charge in [-0.1, -0.05) is 13.8 Å². The van der Waals surface area contributed by atoms with Crippen LogP contribution in [0.25, 0.3) is 0 Å². The first-order chi connectivity index (χ1) is 12.5. The Balaban J connectivity index is 1.75. The van der Waals surface area contributed by atoms with Crippen LogP contribution in [0.4, 0.5) is 11.6 Å². The molecule has 1 N–H and O–H groups in total. The molecule has 3 rings (SSSR count). The summed E-state index contributed by atoms with van der Waals surface area (Å²) in [7, 11) is -3.79. The van der Waals surface area contributed by atoms with Gasteiger partial charge >= 0.3 is 0 Å². The minimum absolute atomic E-state index is 0.0752. The molecule has 1 aliphatic rings. The summed E-state index contributed by atoms with van der Waals surface area (Å²) in [6, 6.07) is 7.85. The van der Waals surface area contributed by atoms with E-state index in [1.165, 1.54) is 12.1 Å². The molecule has 1 aromatic carbocycles. The van der Waals surface area contributed by atoms with Gasteiger partial charge in [0.05, 0.1) is 4.90 Å². The van der Waals surface area contributed by atoms with Crippen molar-refractivity contribution in [3.63, 3.8) is 0 Å². The Bertz CT molecular complexity index is 850. The zero-order valence-corrected chi connectivity index (χ0v) is 15.6. The molecule has 2 aromatic rings. The molecular weight excluding hydrogens is 356 g/mol. The molecule has 0 amide bonds. The Labute approximate surface area is 153 Å². The molecule has 0 aliphatic carbocycles. The van der Waals surface area contributed by atoms with Crippen molar-refractivity contribution in [3.05, 3.63) is 30.3 Å². The molecule has 8 nitrogen and oxygen atoms in total. The molecular formula is C17H22N4O4S. The summed E-state index contributed by atoms with van der Waals surface area (Å²) in [5, 5.41) is 8.17. The van der Waals surface area contributed by atoms with Crippen molar-refractivity contribution in [2.45, 2.75) is 31.6 Å². The summed E-state index contributed by atoms with van der Waals surface area (Å²) in [4.78, 5) is 2.20. The third kappa shape index (κ3) is 3.98. The molecule has 9 heteroatoms. The van der Waals surface area contributed by atoms with Crippen LogP contribution in [0.15, 0.2) is 35.2 Å². The predicted molar refractivity (Wildman–Crippen MR) is 98.2 cm³/mol. The van der Waals surface area contributed by atoms with Gasteiger partial charge in [0, 0.05) is 19.2 Å². The second kappa shape index (κ2) is 7.77. The van der Waals surface area contributed by atoms with Crippen LogP contribution in [0.3, 0.4) is 0 Å². The second-order valence-corrected chi connectivity index (χ2v) is 7.57. The molecule has 1 aliphatic heterocycles. The molecule has 2 heterocycles. The maximum absolute atomic E-state index is 12.5. The van der Waals surface area contributed by atoms with Crippen LogP contribution in [-0.2, 0) is 10.0 Å². The molecule has 1 aromatic heterocycles. The van der Waals surface area contributed by atoms with Crippen molar-refractivity contribution in [2.24, 2.45) is 0 Å². The number of ether oxygens (including phenoxy) is 2. The number of anilines is 2. The molecule has 0 saturated carbocycles. The van der Waals surface area contributed by atoms with Crippen molar-refractivity contribution in [1.82, 2.24) is 10.2 Å². The fraction of sp³-hybridized carbons (Fsp3) is 0.412. The Morgan fingerprint density at radius 2 is 1.77 bits per heavy atom. The molecule has 0 atom stereocenters. The van der Waals surface area contributed by atoms with Gasteiger partial charge in [-0.25, -0.2) is 8.42 Å². The highest BCUT2D eigenvalue weighted by molar-refractivity contribution is 7.92.